The zero-order valence-electron chi connectivity index (χ0n) is 9.56. The van der Waals surface area contributed by atoms with E-state index in [0.717, 1.165) is 5.56 Å². The fraction of sp³-hybridized carbons (Fsp3) is 0.250. The standard InChI is InChI=1S/C12H14N2O2/c1-8-5-4-6-10(7-8)16-11-9(2)13-14(3)12(11)15/h4-7,15H,1-3H3. The molecule has 4 heteroatoms. The first kappa shape index (κ1) is 10.5. The van der Waals surface area contributed by atoms with E-state index in [1.807, 2.05) is 31.2 Å². The highest BCUT2D eigenvalue weighted by Gasteiger charge is 2.14. The molecule has 1 heterocycles. The molecule has 0 radical (unpaired) electrons. The first-order chi connectivity index (χ1) is 7.58. The number of ether oxygens (including phenoxy) is 1. The lowest BCUT2D eigenvalue weighted by Gasteiger charge is -2.05. The van der Waals surface area contributed by atoms with Gasteiger partial charge in [-0.1, -0.05) is 12.1 Å². The number of nitrogens with zero attached hydrogens (tertiary/aromatic N) is 2. The minimum Gasteiger partial charge on any atom is -0.491 e. The van der Waals surface area contributed by atoms with Crippen LogP contribution >= 0.6 is 0 Å². The summed E-state index contributed by atoms with van der Waals surface area (Å²) in [6, 6.07) is 7.65. The first-order valence-corrected chi connectivity index (χ1v) is 5.05. The molecule has 0 aliphatic carbocycles. The molecular weight excluding hydrogens is 204 g/mol. The van der Waals surface area contributed by atoms with Gasteiger partial charge < -0.3 is 9.84 Å². The van der Waals surface area contributed by atoms with Crippen LogP contribution in [0.1, 0.15) is 11.3 Å². The predicted octanol–water partition coefficient (Wildman–Crippen LogP) is 2.53. The van der Waals surface area contributed by atoms with Crippen LogP contribution in [0.25, 0.3) is 0 Å². The molecule has 1 aromatic carbocycles. The summed E-state index contributed by atoms with van der Waals surface area (Å²) in [7, 11) is 1.67. The van der Waals surface area contributed by atoms with Crippen LogP contribution < -0.4 is 4.74 Å². The van der Waals surface area contributed by atoms with E-state index in [0.29, 0.717) is 17.2 Å². The van der Waals surface area contributed by atoms with Crippen molar-refractivity contribution < 1.29 is 9.84 Å². The summed E-state index contributed by atoms with van der Waals surface area (Å²) < 4.78 is 7.00. The van der Waals surface area contributed by atoms with Gasteiger partial charge >= 0.3 is 0 Å². The van der Waals surface area contributed by atoms with Crippen molar-refractivity contribution in [3.63, 3.8) is 0 Å². The van der Waals surface area contributed by atoms with Crippen molar-refractivity contribution in [1.82, 2.24) is 9.78 Å². The van der Waals surface area contributed by atoms with Gasteiger partial charge in [-0.25, -0.2) is 4.68 Å². The Hall–Kier alpha value is -1.97. The second-order valence-corrected chi connectivity index (χ2v) is 3.78. The zero-order valence-corrected chi connectivity index (χ0v) is 9.56. The molecule has 2 aromatic rings. The Labute approximate surface area is 94.1 Å². The number of rotatable bonds is 2. The Morgan fingerprint density at radius 1 is 1.31 bits per heavy atom. The molecule has 0 atom stereocenters. The maximum Gasteiger partial charge on any atom is 0.253 e. The zero-order chi connectivity index (χ0) is 11.7. The molecule has 0 fully saturated rings. The normalized spacial score (nSPS) is 10.4. The van der Waals surface area contributed by atoms with Gasteiger partial charge in [0.05, 0.1) is 0 Å². The average molecular weight is 218 g/mol. The molecule has 0 saturated carbocycles. The lowest BCUT2D eigenvalue weighted by atomic mass is 10.2. The van der Waals surface area contributed by atoms with Crippen molar-refractivity contribution >= 4 is 0 Å². The monoisotopic (exact) mass is 218 g/mol. The first-order valence-electron chi connectivity index (χ1n) is 5.05. The fourth-order valence-corrected chi connectivity index (χ4v) is 1.54. The summed E-state index contributed by atoms with van der Waals surface area (Å²) in [6.07, 6.45) is 0. The Balaban J connectivity index is 2.34. The fourth-order valence-electron chi connectivity index (χ4n) is 1.54. The molecule has 4 nitrogen and oxygen atoms in total. The minimum absolute atomic E-state index is 0.0407. The molecule has 0 unspecified atom stereocenters. The van der Waals surface area contributed by atoms with Gasteiger partial charge in [-0.3, -0.25) is 0 Å². The van der Waals surface area contributed by atoms with E-state index in [-0.39, 0.29) is 5.88 Å². The molecular formula is C12H14N2O2. The highest BCUT2D eigenvalue weighted by Crippen LogP contribution is 2.33. The van der Waals surface area contributed by atoms with Gasteiger partial charge in [0.1, 0.15) is 11.4 Å². The van der Waals surface area contributed by atoms with Crippen LogP contribution in [0, 0.1) is 13.8 Å². The van der Waals surface area contributed by atoms with Gasteiger partial charge in [-0.05, 0) is 31.5 Å². The van der Waals surface area contributed by atoms with E-state index in [1.165, 1.54) is 4.68 Å². The maximum atomic E-state index is 9.72. The molecule has 1 aromatic heterocycles. The minimum atomic E-state index is 0.0407. The predicted molar refractivity (Wildman–Crippen MR) is 60.9 cm³/mol. The number of hydrogen-bond acceptors (Lipinski definition) is 3. The second kappa shape index (κ2) is 3.89. The SMILES string of the molecule is Cc1cccc(Oc2c(C)nn(C)c2O)c1. The van der Waals surface area contributed by atoms with Crippen molar-refractivity contribution in [3.05, 3.63) is 35.5 Å². The van der Waals surface area contributed by atoms with Crippen molar-refractivity contribution in [3.8, 4) is 17.4 Å². The summed E-state index contributed by atoms with van der Waals surface area (Å²) in [4.78, 5) is 0. The third-order valence-corrected chi connectivity index (χ3v) is 2.35. The smallest absolute Gasteiger partial charge is 0.253 e. The molecule has 16 heavy (non-hydrogen) atoms. The quantitative estimate of drug-likeness (QED) is 0.842. The van der Waals surface area contributed by atoms with Gasteiger partial charge in [0.2, 0.25) is 5.75 Å². The number of aromatic nitrogens is 2. The van der Waals surface area contributed by atoms with Crippen LogP contribution in [0.2, 0.25) is 0 Å². The topological polar surface area (TPSA) is 47.3 Å². The summed E-state index contributed by atoms with van der Waals surface area (Å²) >= 11 is 0. The number of benzene rings is 1. The van der Waals surface area contributed by atoms with Gasteiger partial charge in [0, 0.05) is 7.05 Å². The van der Waals surface area contributed by atoms with E-state index in [1.54, 1.807) is 14.0 Å². The van der Waals surface area contributed by atoms with Crippen LogP contribution in [0.3, 0.4) is 0 Å². The van der Waals surface area contributed by atoms with Crippen molar-refractivity contribution in [1.29, 1.82) is 0 Å². The number of hydrogen-bond donors (Lipinski definition) is 1. The third kappa shape index (κ3) is 1.86. The van der Waals surface area contributed by atoms with E-state index in [4.69, 9.17) is 4.74 Å². The van der Waals surface area contributed by atoms with E-state index < -0.39 is 0 Å². The molecule has 2 rings (SSSR count). The maximum absolute atomic E-state index is 9.72. The second-order valence-electron chi connectivity index (χ2n) is 3.78. The van der Waals surface area contributed by atoms with E-state index in [2.05, 4.69) is 5.10 Å². The summed E-state index contributed by atoms with van der Waals surface area (Å²) in [5.74, 6) is 1.15. The molecule has 84 valence electrons. The molecule has 0 saturated heterocycles. The van der Waals surface area contributed by atoms with Crippen LogP contribution in [0.15, 0.2) is 24.3 Å². The molecule has 0 aliphatic heterocycles. The summed E-state index contributed by atoms with van der Waals surface area (Å²) in [5, 5.41) is 13.8. The average Bonchev–Trinajstić information content (AvgIpc) is 2.45. The number of aryl methyl sites for hydroxylation is 3. The van der Waals surface area contributed by atoms with Crippen LogP contribution in [0.4, 0.5) is 0 Å². The molecule has 0 amide bonds. The highest BCUT2D eigenvalue weighted by atomic mass is 16.5. The lowest BCUT2D eigenvalue weighted by molar-refractivity contribution is 0.381. The Morgan fingerprint density at radius 2 is 2.06 bits per heavy atom. The van der Waals surface area contributed by atoms with Gasteiger partial charge in [-0.2, -0.15) is 5.10 Å². The van der Waals surface area contributed by atoms with Crippen molar-refractivity contribution in [2.45, 2.75) is 13.8 Å². The van der Waals surface area contributed by atoms with Crippen LogP contribution in [-0.4, -0.2) is 14.9 Å². The Bertz CT molecular complexity index is 518. The molecule has 0 aliphatic rings. The van der Waals surface area contributed by atoms with E-state index >= 15 is 0 Å². The number of aromatic hydroxyl groups is 1. The van der Waals surface area contributed by atoms with E-state index in [9.17, 15) is 5.11 Å². The molecule has 0 bridgehead atoms. The van der Waals surface area contributed by atoms with Crippen LogP contribution in [-0.2, 0) is 7.05 Å². The third-order valence-electron chi connectivity index (χ3n) is 2.35. The van der Waals surface area contributed by atoms with Gasteiger partial charge in [0.15, 0.2) is 0 Å². The largest absolute Gasteiger partial charge is 0.491 e. The summed E-state index contributed by atoms with van der Waals surface area (Å²) in [5.41, 5.74) is 1.78. The molecule has 1 N–H and O–H groups in total. The van der Waals surface area contributed by atoms with Crippen molar-refractivity contribution in [2.75, 3.05) is 0 Å². The van der Waals surface area contributed by atoms with Crippen LogP contribution in [0.5, 0.6) is 17.4 Å². The Kier molecular flexibility index (Phi) is 2.56. The highest BCUT2D eigenvalue weighted by molar-refractivity contribution is 5.41. The van der Waals surface area contributed by atoms with Gasteiger partial charge in [-0.15, -0.1) is 0 Å². The lowest BCUT2D eigenvalue weighted by Crippen LogP contribution is -1.88. The van der Waals surface area contributed by atoms with Crippen molar-refractivity contribution in [2.24, 2.45) is 7.05 Å². The van der Waals surface area contributed by atoms with Gasteiger partial charge in [0.25, 0.3) is 5.88 Å². The Morgan fingerprint density at radius 3 is 2.62 bits per heavy atom. The molecule has 0 spiro atoms. The summed E-state index contributed by atoms with van der Waals surface area (Å²) in [6.45, 7) is 3.79.